The molecule has 2 aromatic carbocycles. The van der Waals surface area contributed by atoms with Gasteiger partial charge in [0.25, 0.3) is 0 Å². The van der Waals surface area contributed by atoms with Gasteiger partial charge in [-0.15, -0.1) is 0 Å². The lowest BCUT2D eigenvalue weighted by Crippen LogP contribution is -2.39. The minimum atomic E-state index is -0.285. The maximum atomic E-state index is 12.5. The molecule has 1 aliphatic rings. The molecule has 1 aliphatic heterocycles. The lowest BCUT2D eigenvalue weighted by Gasteiger charge is -2.24. The average Bonchev–Trinajstić information content (AvgIpc) is 3.10. The average molecular weight is 356 g/mol. The van der Waals surface area contributed by atoms with Crippen LogP contribution in [0.25, 0.3) is 0 Å². The molecule has 3 rings (SSSR count). The summed E-state index contributed by atoms with van der Waals surface area (Å²) in [5.41, 5.74) is 1.82. The molecule has 6 heteroatoms. The Morgan fingerprint density at radius 2 is 1.92 bits per heavy atom. The summed E-state index contributed by atoms with van der Waals surface area (Å²) >= 11 is 0. The first kappa shape index (κ1) is 18.1. The molecule has 2 aromatic rings. The van der Waals surface area contributed by atoms with Gasteiger partial charge in [-0.2, -0.15) is 0 Å². The van der Waals surface area contributed by atoms with E-state index in [1.807, 2.05) is 56.1 Å². The van der Waals surface area contributed by atoms with Crippen molar-refractivity contribution in [2.45, 2.75) is 26.4 Å². The van der Waals surface area contributed by atoms with Crippen LogP contribution in [0.5, 0.6) is 17.2 Å². The molecule has 0 aliphatic carbocycles. The number of ether oxygens (including phenoxy) is 3. The van der Waals surface area contributed by atoms with Crippen molar-refractivity contribution in [3.8, 4) is 17.2 Å². The number of hydrogen-bond acceptors (Lipinski definition) is 5. The number of likely N-dealkylation sites (N-methyl/N-ethyl adjacent to an activating group) is 1. The monoisotopic (exact) mass is 356 g/mol. The quantitative estimate of drug-likeness (QED) is 0.825. The van der Waals surface area contributed by atoms with Crippen LogP contribution in [0.15, 0.2) is 42.5 Å². The molecule has 138 valence electrons. The zero-order valence-corrected chi connectivity index (χ0v) is 15.3. The van der Waals surface area contributed by atoms with E-state index in [2.05, 4.69) is 5.32 Å². The number of benzene rings is 2. The first-order valence-corrected chi connectivity index (χ1v) is 8.69. The van der Waals surface area contributed by atoms with Crippen LogP contribution in [-0.2, 0) is 11.3 Å². The SMILES string of the molecule is CCOc1ccc(CN(C)[C@@H](C)C(=O)Nc2ccc3c(c2)OCO3)cc1. The van der Waals surface area contributed by atoms with Gasteiger partial charge in [-0.05, 0) is 50.7 Å². The molecule has 1 atom stereocenters. The van der Waals surface area contributed by atoms with E-state index in [1.165, 1.54) is 0 Å². The van der Waals surface area contributed by atoms with E-state index in [1.54, 1.807) is 12.1 Å². The van der Waals surface area contributed by atoms with Gasteiger partial charge in [-0.25, -0.2) is 0 Å². The molecule has 0 saturated heterocycles. The van der Waals surface area contributed by atoms with Crippen LogP contribution in [0.4, 0.5) is 5.69 Å². The Morgan fingerprint density at radius 3 is 2.65 bits per heavy atom. The van der Waals surface area contributed by atoms with E-state index >= 15 is 0 Å². The molecule has 26 heavy (non-hydrogen) atoms. The number of amides is 1. The Kier molecular flexibility index (Phi) is 5.63. The first-order valence-electron chi connectivity index (χ1n) is 8.69. The van der Waals surface area contributed by atoms with Gasteiger partial charge in [0, 0.05) is 18.3 Å². The highest BCUT2D eigenvalue weighted by atomic mass is 16.7. The molecule has 0 unspecified atom stereocenters. The molecule has 0 fully saturated rings. The molecule has 0 aromatic heterocycles. The standard InChI is InChI=1S/C20H24N2O4/c1-4-24-17-8-5-15(6-9-17)12-22(3)14(2)20(23)21-16-7-10-18-19(11-16)26-13-25-18/h5-11,14H,4,12-13H2,1-3H3,(H,21,23)/t14-/m0/s1. The first-order chi connectivity index (χ1) is 12.6. The molecule has 0 radical (unpaired) electrons. The lowest BCUT2D eigenvalue weighted by atomic mass is 10.1. The van der Waals surface area contributed by atoms with E-state index in [0.29, 0.717) is 30.3 Å². The van der Waals surface area contributed by atoms with Crippen LogP contribution < -0.4 is 19.5 Å². The second kappa shape index (κ2) is 8.10. The summed E-state index contributed by atoms with van der Waals surface area (Å²) in [6.45, 7) is 5.38. The summed E-state index contributed by atoms with van der Waals surface area (Å²) in [5, 5.41) is 2.93. The van der Waals surface area contributed by atoms with Crippen LogP contribution in [0.2, 0.25) is 0 Å². The van der Waals surface area contributed by atoms with Gasteiger partial charge in [0.2, 0.25) is 12.7 Å². The summed E-state index contributed by atoms with van der Waals surface area (Å²) in [5.74, 6) is 2.13. The van der Waals surface area contributed by atoms with Crippen molar-refractivity contribution in [3.63, 3.8) is 0 Å². The Bertz CT molecular complexity index is 761. The highest BCUT2D eigenvalue weighted by molar-refractivity contribution is 5.94. The predicted molar refractivity (Wildman–Crippen MR) is 99.7 cm³/mol. The van der Waals surface area contributed by atoms with E-state index in [9.17, 15) is 4.79 Å². The van der Waals surface area contributed by atoms with Gasteiger partial charge in [0.1, 0.15) is 5.75 Å². The van der Waals surface area contributed by atoms with Crippen molar-refractivity contribution >= 4 is 11.6 Å². The Balaban J connectivity index is 1.57. The molecule has 0 spiro atoms. The topological polar surface area (TPSA) is 60.0 Å². The molecule has 6 nitrogen and oxygen atoms in total. The van der Waals surface area contributed by atoms with Crippen molar-refractivity contribution in [2.24, 2.45) is 0 Å². The van der Waals surface area contributed by atoms with Crippen LogP contribution in [0.3, 0.4) is 0 Å². The number of nitrogens with one attached hydrogen (secondary N) is 1. The molecule has 1 heterocycles. The summed E-state index contributed by atoms with van der Waals surface area (Å²) < 4.78 is 16.1. The largest absolute Gasteiger partial charge is 0.494 e. The zero-order chi connectivity index (χ0) is 18.5. The molecule has 1 amide bonds. The second-order valence-electron chi connectivity index (χ2n) is 6.23. The smallest absolute Gasteiger partial charge is 0.241 e. The highest BCUT2D eigenvalue weighted by Gasteiger charge is 2.20. The third kappa shape index (κ3) is 4.26. The normalized spacial score (nSPS) is 13.5. The number of nitrogens with zero attached hydrogens (tertiary/aromatic N) is 1. The van der Waals surface area contributed by atoms with E-state index in [4.69, 9.17) is 14.2 Å². The second-order valence-corrected chi connectivity index (χ2v) is 6.23. The Morgan fingerprint density at radius 1 is 1.19 bits per heavy atom. The van der Waals surface area contributed by atoms with Gasteiger partial charge < -0.3 is 19.5 Å². The number of carbonyl (C=O) groups excluding carboxylic acids is 1. The minimum absolute atomic E-state index is 0.0719. The molecule has 0 bridgehead atoms. The van der Waals surface area contributed by atoms with Gasteiger partial charge in [-0.1, -0.05) is 12.1 Å². The van der Waals surface area contributed by atoms with Gasteiger partial charge in [-0.3, -0.25) is 9.69 Å². The maximum absolute atomic E-state index is 12.5. The Labute approximate surface area is 153 Å². The van der Waals surface area contributed by atoms with E-state index < -0.39 is 0 Å². The van der Waals surface area contributed by atoms with Crippen LogP contribution in [-0.4, -0.2) is 37.3 Å². The fraction of sp³-hybridized carbons (Fsp3) is 0.350. The molecule has 1 N–H and O–H groups in total. The maximum Gasteiger partial charge on any atom is 0.241 e. The lowest BCUT2D eigenvalue weighted by molar-refractivity contribution is -0.120. The molecule has 0 saturated carbocycles. The summed E-state index contributed by atoms with van der Waals surface area (Å²) in [4.78, 5) is 14.5. The fourth-order valence-corrected chi connectivity index (χ4v) is 2.70. The van der Waals surface area contributed by atoms with Crippen molar-refractivity contribution in [1.82, 2.24) is 4.90 Å². The van der Waals surface area contributed by atoms with Crippen molar-refractivity contribution in [3.05, 3.63) is 48.0 Å². The highest BCUT2D eigenvalue weighted by Crippen LogP contribution is 2.34. The van der Waals surface area contributed by atoms with Crippen molar-refractivity contribution < 1.29 is 19.0 Å². The number of hydrogen-bond donors (Lipinski definition) is 1. The Hall–Kier alpha value is -2.73. The number of anilines is 1. The van der Waals surface area contributed by atoms with Crippen LogP contribution >= 0.6 is 0 Å². The van der Waals surface area contributed by atoms with Gasteiger partial charge in [0.05, 0.1) is 12.6 Å². The summed E-state index contributed by atoms with van der Waals surface area (Å²) in [6.07, 6.45) is 0. The van der Waals surface area contributed by atoms with E-state index in [0.717, 1.165) is 11.3 Å². The minimum Gasteiger partial charge on any atom is -0.494 e. The van der Waals surface area contributed by atoms with Crippen LogP contribution in [0.1, 0.15) is 19.4 Å². The predicted octanol–water partition coefficient (Wildman–Crippen LogP) is 3.27. The number of rotatable bonds is 7. The van der Waals surface area contributed by atoms with Crippen molar-refractivity contribution in [1.29, 1.82) is 0 Å². The number of carbonyl (C=O) groups is 1. The van der Waals surface area contributed by atoms with Crippen molar-refractivity contribution in [2.75, 3.05) is 25.8 Å². The third-order valence-electron chi connectivity index (χ3n) is 4.35. The summed E-state index contributed by atoms with van der Waals surface area (Å²) in [7, 11) is 1.93. The molecular weight excluding hydrogens is 332 g/mol. The molecular formula is C20H24N2O4. The summed E-state index contributed by atoms with van der Waals surface area (Å²) in [6, 6.07) is 13.0. The van der Waals surface area contributed by atoms with Crippen LogP contribution in [0, 0.1) is 0 Å². The van der Waals surface area contributed by atoms with Gasteiger partial charge >= 0.3 is 0 Å². The fourth-order valence-electron chi connectivity index (χ4n) is 2.70. The third-order valence-corrected chi connectivity index (χ3v) is 4.35. The van der Waals surface area contributed by atoms with Gasteiger partial charge in [0.15, 0.2) is 11.5 Å². The number of fused-ring (bicyclic) bond motifs is 1. The van der Waals surface area contributed by atoms with E-state index in [-0.39, 0.29) is 18.7 Å². The zero-order valence-electron chi connectivity index (χ0n) is 15.3.